The molecule has 12 nitrogen and oxygen atoms in total. The summed E-state index contributed by atoms with van der Waals surface area (Å²) in [5.74, 6) is -0.695. The number of rotatable bonds is 8. The molecular weight excluding hydrogens is 426 g/mol. The van der Waals surface area contributed by atoms with Gasteiger partial charge in [0.1, 0.15) is 12.4 Å². The Hall–Kier alpha value is -4.87. The van der Waals surface area contributed by atoms with Gasteiger partial charge in [0.2, 0.25) is 5.75 Å². The number of hydrogen-bond donors (Lipinski definition) is 0. The topological polar surface area (TPSA) is 165 Å². The van der Waals surface area contributed by atoms with E-state index in [4.69, 9.17) is 9.47 Å². The van der Waals surface area contributed by atoms with Gasteiger partial charge in [-0.2, -0.15) is 0 Å². The Morgan fingerprint density at radius 2 is 1.34 bits per heavy atom. The fraction of sp³-hybridized carbons (Fsp3) is 0.0500. The maximum Gasteiger partial charge on any atom is 0.338 e. The van der Waals surface area contributed by atoms with Crippen molar-refractivity contribution >= 4 is 23.0 Å². The molecule has 0 aliphatic heterocycles. The number of ether oxygens (including phenoxy) is 2. The molecular formula is C20H13N3O9. The molecule has 0 heterocycles. The second-order valence-corrected chi connectivity index (χ2v) is 6.29. The van der Waals surface area contributed by atoms with Gasteiger partial charge in [-0.25, -0.2) is 4.79 Å². The van der Waals surface area contributed by atoms with E-state index in [1.165, 1.54) is 48.5 Å². The summed E-state index contributed by atoms with van der Waals surface area (Å²) in [6, 6.07) is 14.0. The Labute approximate surface area is 179 Å². The predicted molar refractivity (Wildman–Crippen MR) is 108 cm³/mol. The zero-order valence-electron chi connectivity index (χ0n) is 16.1. The lowest BCUT2D eigenvalue weighted by atomic mass is 10.2. The van der Waals surface area contributed by atoms with Crippen LogP contribution in [0.3, 0.4) is 0 Å². The third-order valence-electron chi connectivity index (χ3n) is 4.18. The van der Waals surface area contributed by atoms with E-state index in [0.29, 0.717) is 5.56 Å². The third kappa shape index (κ3) is 5.18. The minimum absolute atomic E-state index is 0.0797. The zero-order chi connectivity index (χ0) is 23.3. The number of carbonyl (C=O) groups is 1. The first-order valence-corrected chi connectivity index (χ1v) is 8.86. The number of nitro groups is 3. The van der Waals surface area contributed by atoms with Crippen LogP contribution < -0.4 is 4.74 Å². The van der Waals surface area contributed by atoms with Crippen molar-refractivity contribution in [3.8, 4) is 11.5 Å². The van der Waals surface area contributed by atoms with E-state index in [0.717, 1.165) is 18.2 Å². The Bertz CT molecular complexity index is 1190. The van der Waals surface area contributed by atoms with Crippen LogP contribution in [0.4, 0.5) is 17.1 Å². The molecule has 12 heteroatoms. The number of carbonyl (C=O) groups excluding carboxylic acids is 1. The summed E-state index contributed by atoms with van der Waals surface area (Å²) in [6.07, 6.45) is 0. The van der Waals surface area contributed by atoms with Crippen molar-refractivity contribution in [3.05, 3.63) is 108 Å². The van der Waals surface area contributed by atoms with Gasteiger partial charge >= 0.3 is 11.7 Å². The first-order valence-electron chi connectivity index (χ1n) is 8.86. The maximum atomic E-state index is 12.2. The van der Waals surface area contributed by atoms with E-state index in [1.807, 2.05) is 0 Å². The smallest absolute Gasteiger partial charge is 0.338 e. The minimum atomic E-state index is -0.799. The highest BCUT2D eigenvalue weighted by atomic mass is 16.6. The lowest BCUT2D eigenvalue weighted by Crippen LogP contribution is -2.05. The van der Waals surface area contributed by atoms with Gasteiger partial charge in [-0.3, -0.25) is 30.3 Å². The van der Waals surface area contributed by atoms with E-state index < -0.39 is 32.1 Å². The van der Waals surface area contributed by atoms with Crippen molar-refractivity contribution < 1.29 is 29.0 Å². The number of hydrogen-bond acceptors (Lipinski definition) is 9. The minimum Gasteiger partial charge on any atom is -0.457 e. The number of non-ortho nitro benzene ring substituents is 2. The molecule has 0 radical (unpaired) electrons. The Morgan fingerprint density at radius 3 is 1.91 bits per heavy atom. The number of nitro benzene ring substituents is 3. The van der Waals surface area contributed by atoms with Gasteiger partial charge in [0.05, 0.1) is 26.4 Å². The van der Waals surface area contributed by atoms with Crippen molar-refractivity contribution in [2.75, 3.05) is 0 Å². The number of esters is 1. The lowest BCUT2D eigenvalue weighted by Gasteiger charge is -2.08. The van der Waals surface area contributed by atoms with Crippen molar-refractivity contribution in [1.29, 1.82) is 0 Å². The first-order chi connectivity index (χ1) is 15.2. The summed E-state index contributed by atoms with van der Waals surface area (Å²) in [5, 5.41) is 32.6. The quantitative estimate of drug-likeness (QED) is 0.278. The molecule has 32 heavy (non-hydrogen) atoms. The molecule has 0 unspecified atom stereocenters. The molecule has 0 atom stereocenters. The summed E-state index contributed by atoms with van der Waals surface area (Å²) in [5.41, 5.74) is -0.364. The molecule has 0 amide bonds. The zero-order valence-corrected chi connectivity index (χ0v) is 16.1. The molecule has 0 aliphatic rings. The molecule has 0 saturated heterocycles. The number of benzene rings is 3. The monoisotopic (exact) mass is 439 g/mol. The molecule has 0 fully saturated rings. The molecule has 0 aliphatic carbocycles. The summed E-state index contributed by atoms with van der Waals surface area (Å²) < 4.78 is 10.6. The van der Waals surface area contributed by atoms with Crippen molar-refractivity contribution in [2.45, 2.75) is 6.61 Å². The van der Waals surface area contributed by atoms with Crippen LogP contribution in [0, 0.1) is 30.3 Å². The molecule has 0 bridgehead atoms. The van der Waals surface area contributed by atoms with Gasteiger partial charge in [0, 0.05) is 18.2 Å². The standard InChI is InChI=1S/C20H13N3O9/c24-20(31-12-13-1-5-15(6-2-13)21(25)26)14-3-8-17(9-4-14)32-19-10-7-16(22(27)28)11-18(19)23(29)30/h1-11H,12H2. The van der Waals surface area contributed by atoms with Gasteiger partial charge in [-0.15, -0.1) is 0 Å². The van der Waals surface area contributed by atoms with E-state index in [2.05, 4.69) is 0 Å². The lowest BCUT2D eigenvalue weighted by molar-refractivity contribution is -0.394. The molecule has 162 valence electrons. The van der Waals surface area contributed by atoms with Crippen LogP contribution in [0.15, 0.2) is 66.7 Å². The fourth-order valence-corrected chi connectivity index (χ4v) is 2.58. The molecule has 3 aromatic rings. The van der Waals surface area contributed by atoms with Crippen molar-refractivity contribution in [1.82, 2.24) is 0 Å². The molecule has 0 aromatic heterocycles. The highest BCUT2D eigenvalue weighted by Crippen LogP contribution is 2.34. The largest absolute Gasteiger partial charge is 0.457 e. The fourth-order valence-electron chi connectivity index (χ4n) is 2.58. The summed E-state index contributed by atoms with van der Waals surface area (Å²) in [7, 11) is 0. The average Bonchev–Trinajstić information content (AvgIpc) is 2.78. The van der Waals surface area contributed by atoms with Gasteiger partial charge in [-0.1, -0.05) is 0 Å². The summed E-state index contributed by atoms with van der Waals surface area (Å²) in [6.45, 7) is -0.0932. The van der Waals surface area contributed by atoms with E-state index in [-0.39, 0.29) is 29.4 Å². The van der Waals surface area contributed by atoms with E-state index >= 15 is 0 Å². The number of nitrogens with zero attached hydrogens (tertiary/aromatic N) is 3. The van der Waals surface area contributed by atoms with Crippen LogP contribution in [0.2, 0.25) is 0 Å². The molecule has 3 aromatic carbocycles. The normalized spacial score (nSPS) is 10.2. The van der Waals surface area contributed by atoms with Gasteiger partial charge in [-0.05, 0) is 48.0 Å². The van der Waals surface area contributed by atoms with Crippen molar-refractivity contribution in [3.63, 3.8) is 0 Å². The average molecular weight is 439 g/mol. The van der Waals surface area contributed by atoms with Crippen LogP contribution in [0.1, 0.15) is 15.9 Å². The predicted octanol–water partition coefficient (Wildman–Crippen LogP) is 4.56. The molecule has 0 spiro atoms. The van der Waals surface area contributed by atoms with E-state index in [9.17, 15) is 35.1 Å². The Balaban J connectivity index is 1.66. The third-order valence-corrected chi connectivity index (χ3v) is 4.18. The molecule has 0 saturated carbocycles. The maximum absolute atomic E-state index is 12.2. The molecule has 3 rings (SSSR count). The Morgan fingerprint density at radius 1 is 0.750 bits per heavy atom. The van der Waals surface area contributed by atoms with Crippen LogP contribution in [0.5, 0.6) is 11.5 Å². The summed E-state index contributed by atoms with van der Waals surface area (Å²) in [4.78, 5) is 42.7. The van der Waals surface area contributed by atoms with Crippen LogP contribution in [-0.4, -0.2) is 20.7 Å². The highest BCUT2D eigenvalue weighted by Gasteiger charge is 2.21. The SMILES string of the molecule is O=C(OCc1ccc([N+](=O)[O-])cc1)c1ccc(Oc2ccc([N+](=O)[O-])cc2[N+](=O)[O-])cc1. The second-order valence-electron chi connectivity index (χ2n) is 6.29. The Kier molecular flexibility index (Phi) is 6.34. The summed E-state index contributed by atoms with van der Waals surface area (Å²) >= 11 is 0. The highest BCUT2D eigenvalue weighted by molar-refractivity contribution is 5.89. The first kappa shape index (κ1) is 21.8. The molecule has 0 N–H and O–H groups in total. The van der Waals surface area contributed by atoms with Crippen LogP contribution in [-0.2, 0) is 11.3 Å². The van der Waals surface area contributed by atoms with Crippen molar-refractivity contribution in [2.24, 2.45) is 0 Å². The van der Waals surface area contributed by atoms with Gasteiger partial charge in [0.25, 0.3) is 11.4 Å². The van der Waals surface area contributed by atoms with Gasteiger partial charge < -0.3 is 9.47 Å². The second kappa shape index (κ2) is 9.30. The van der Waals surface area contributed by atoms with E-state index in [1.54, 1.807) is 0 Å². The van der Waals surface area contributed by atoms with Crippen LogP contribution >= 0.6 is 0 Å². The van der Waals surface area contributed by atoms with Gasteiger partial charge in [0.15, 0.2) is 0 Å². The van der Waals surface area contributed by atoms with Crippen LogP contribution in [0.25, 0.3) is 0 Å².